The Labute approximate surface area is 571 Å². The van der Waals surface area contributed by atoms with Crippen LogP contribution in [0.4, 0.5) is 0 Å². The van der Waals surface area contributed by atoms with Gasteiger partial charge in [0.25, 0.3) is 0 Å². The van der Waals surface area contributed by atoms with Crippen LogP contribution in [0, 0.1) is 90.6 Å². The van der Waals surface area contributed by atoms with E-state index in [1.807, 2.05) is 133 Å². The molecule has 0 saturated heterocycles. The topological polar surface area (TPSA) is 275 Å². The number of para-hydroxylation sites is 2. The fourth-order valence-corrected chi connectivity index (χ4v) is 14.5. The van der Waals surface area contributed by atoms with E-state index in [2.05, 4.69) is 66.8 Å². The van der Waals surface area contributed by atoms with E-state index in [1.165, 1.54) is 0 Å². The highest BCUT2D eigenvalue weighted by atomic mass is 16.3. The zero-order chi connectivity index (χ0) is 68.3. The summed E-state index contributed by atoms with van der Waals surface area (Å²) in [7, 11) is 0. The summed E-state index contributed by atoms with van der Waals surface area (Å²) >= 11 is 0. The van der Waals surface area contributed by atoms with Gasteiger partial charge in [-0.25, -0.2) is 19.9 Å². The molecule has 0 fully saturated rings. The van der Waals surface area contributed by atoms with Crippen molar-refractivity contribution in [3.8, 4) is 117 Å². The number of rotatable bonds is 8. The number of hydrogen-bond donors (Lipinski definition) is 0. The van der Waals surface area contributed by atoms with Gasteiger partial charge in [0, 0.05) is 54.2 Å². The average Bonchev–Trinajstić information content (AvgIpc) is 1.58. The van der Waals surface area contributed by atoms with Crippen molar-refractivity contribution in [3.63, 3.8) is 0 Å². The van der Waals surface area contributed by atoms with Crippen LogP contribution in [0.3, 0.4) is 0 Å². The van der Waals surface area contributed by atoms with E-state index in [0.29, 0.717) is 188 Å². The van der Waals surface area contributed by atoms with Gasteiger partial charge in [-0.3, -0.25) is 0 Å². The molecule has 0 aliphatic heterocycles. The van der Waals surface area contributed by atoms with E-state index >= 15 is 0 Å². The van der Waals surface area contributed by atoms with Crippen molar-refractivity contribution in [3.05, 3.63) is 275 Å². The fraction of sp³-hybridized carbons (Fsp3) is 0. The lowest BCUT2D eigenvalue weighted by Gasteiger charge is -2.30. The van der Waals surface area contributed by atoms with E-state index in [-0.39, 0.29) is 23.4 Å². The molecule has 0 N–H and O–H groups in total. The van der Waals surface area contributed by atoms with Gasteiger partial charge in [0.15, 0.2) is 23.1 Å². The van der Waals surface area contributed by atoms with Crippen LogP contribution in [-0.4, -0.2) is 38.2 Å². The average molecular weight is 1290 g/mol. The molecule has 6 heterocycles. The molecule has 18 rings (SSSR count). The van der Waals surface area contributed by atoms with Crippen LogP contribution in [0.15, 0.2) is 235 Å². The van der Waals surface area contributed by atoms with Crippen molar-refractivity contribution in [1.82, 2.24) is 38.2 Å². The molecule has 6 aromatic heterocycles. The summed E-state index contributed by atoms with van der Waals surface area (Å²) in [4.78, 5) is 22.4. The molecule has 101 heavy (non-hydrogen) atoms. The first-order valence-corrected chi connectivity index (χ1v) is 31.7. The summed E-state index contributed by atoms with van der Waals surface area (Å²) in [5, 5.41) is 91.4. The Morgan fingerprint density at radius 1 is 0.248 bits per heavy atom. The second kappa shape index (κ2) is 22.5. The summed E-state index contributed by atoms with van der Waals surface area (Å²) < 4.78 is 15.8. The number of aromatic nitrogens is 8. The normalized spacial score (nSPS) is 11.3. The Bertz CT molecular complexity index is 6430. The molecule has 0 amide bonds. The van der Waals surface area contributed by atoms with Gasteiger partial charge in [-0.1, -0.05) is 72.8 Å². The highest BCUT2D eigenvalue weighted by molar-refractivity contribution is 6.19. The Balaban J connectivity index is 1.25. The second-order valence-corrected chi connectivity index (χ2v) is 24.3. The number of fused-ring (bicyclic) bond motifs is 13. The summed E-state index contributed by atoms with van der Waals surface area (Å²) in [6, 6.07) is 88.9. The van der Waals surface area contributed by atoms with Gasteiger partial charge in [-0.05, 0) is 158 Å². The highest BCUT2D eigenvalue weighted by Gasteiger charge is 2.39. The number of oxazole rings is 1. The minimum absolute atomic E-state index is 0.0871. The van der Waals surface area contributed by atoms with Crippen LogP contribution in [-0.2, 0) is 0 Å². The van der Waals surface area contributed by atoms with Crippen LogP contribution in [0.2, 0.25) is 0 Å². The van der Waals surface area contributed by atoms with Gasteiger partial charge in [-0.2, -0.15) is 42.1 Å². The molecule has 17 heteroatoms. The van der Waals surface area contributed by atoms with Crippen LogP contribution in [0.5, 0.6) is 0 Å². The lowest BCUT2D eigenvalue weighted by molar-refractivity contribution is 0.619. The molecule has 0 saturated carbocycles. The molecule has 12 aromatic carbocycles. The van der Waals surface area contributed by atoms with Crippen LogP contribution >= 0.6 is 0 Å². The summed E-state index contributed by atoms with van der Waals surface area (Å²) in [6.07, 6.45) is 0. The highest BCUT2D eigenvalue weighted by Crippen LogP contribution is 2.55. The van der Waals surface area contributed by atoms with Crippen LogP contribution in [0.25, 0.3) is 167 Å². The Morgan fingerprint density at radius 2 is 0.495 bits per heavy atom. The van der Waals surface area contributed by atoms with E-state index in [4.69, 9.17) is 24.4 Å². The molecule has 0 bridgehead atoms. The number of nitrogens with zero attached hydrogens (tertiary/aromatic N) is 16. The summed E-state index contributed by atoms with van der Waals surface area (Å²) in [5.41, 5.74) is 11.5. The van der Waals surface area contributed by atoms with Gasteiger partial charge in [-0.15, -0.1) is 0 Å². The molecule has 0 radical (unpaired) electrons. The standard InChI is InChI=1S/C84H38N16O/c85-39-47-15-23-66-57(31-47)58-32-48(40-86)16-24-67(58)97(66)77-75(83-95-81(55-9-3-1-4-10-55)94-82(96-83)56-11-5-2-6-12-56)78(98-68-25-17-49(41-87)33-59(68)60-34-50(42-88)18-26-69(60)98)80(100-72-29-21-53(45-91)37-63(72)64-38-54(46-92)22-30-73(64)100)76(84-93-65-13-7-8-14-74(65)101-84)79(77)99-70-27-19-51(43-89)35-61(70)62-36-52(44-90)20-28-71(62)99/h1-38H. The maximum atomic E-state index is 10.8. The molecule has 18 aromatic rings. The van der Waals surface area contributed by atoms with Gasteiger partial charge in [0.2, 0.25) is 5.89 Å². The fourth-order valence-electron chi connectivity index (χ4n) is 14.5. The molecule has 0 unspecified atom stereocenters. The van der Waals surface area contributed by atoms with E-state index < -0.39 is 0 Å². The van der Waals surface area contributed by atoms with Gasteiger partial charge in [0.1, 0.15) is 5.52 Å². The maximum absolute atomic E-state index is 10.8. The SMILES string of the molecule is N#Cc1ccc2c(c1)c1cc(C#N)ccc1n2-c1c(-c2nc(-c3ccccc3)nc(-c3ccccc3)n2)c(-n2c3ccc(C#N)cc3c3cc(C#N)ccc32)c(-n2c3ccc(C#N)cc3c3cc(C#N)ccc32)c(-c2nc3ccccc3o2)c1-n1c2ccc(C#N)cc2c2cc(C#N)ccc21. The Morgan fingerprint density at radius 3 is 0.762 bits per heavy atom. The molecular weight excluding hydrogens is 1250 g/mol. The molecule has 0 aliphatic carbocycles. The molecule has 17 nitrogen and oxygen atoms in total. The predicted octanol–water partition coefficient (Wildman–Crippen LogP) is 18.0. The first-order chi connectivity index (χ1) is 49.7. The van der Waals surface area contributed by atoms with Crippen molar-refractivity contribution < 1.29 is 4.42 Å². The van der Waals surface area contributed by atoms with Gasteiger partial charge < -0.3 is 22.7 Å². The first-order valence-electron chi connectivity index (χ1n) is 31.7. The minimum atomic E-state index is 0.0871. The van der Waals surface area contributed by atoms with E-state index in [1.54, 1.807) is 97.1 Å². The second-order valence-electron chi connectivity index (χ2n) is 24.3. The third-order valence-electron chi connectivity index (χ3n) is 18.8. The zero-order valence-corrected chi connectivity index (χ0v) is 52.5. The van der Waals surface area contributed by atoms with Crippen LogP contribution in [0.1, 0.15) is 44.5 Å². The lowest BCUT2D eigenvalue weighted by atomic mass is 9.96. The number of nitriles is 8. The maximum Gasteiger partial charge on any atom is 0.231 e. The van der Waals surface area contributed by atoms with Crippen molar-refractivity contribution in [2.24, 2.45) is 0 Å². The third-order valence-corrected chi connectivity index (χ3v) is 18.8. The van der Waals surface area contributed by atoms with E-state index in [9.17, 15) is 42.1 Å². The van der Waals surface area contributed by atoms with Gasteiger partial charge >= 0.3 is 0 Å². The lowest BCUT2D eigenvalue weighted by Crippen LogP contribution is -2.17. The summed E-state index contributed by atoms with van der Waals surface area (Å²) in [5.74, 6) is 0.768. The number of benzene rings is 12. The summed E-state index contributed by atoms with van der Waals surface area (Å²) in [6.45, 7) is 0. The quantitative estimate of drug-likeness (QED) is 0.137. The van der Waals surface area contributed by atoms with Gasteiger partial charge in [0.05, 0.1) is 171 Å². The van der Waals surface area contributed by atoms with E-state index in [0.717, 1.165) is 0 Å². The zero-order valence-electron chi connectivity index (χ0n) is 52.5. The Hall–Kier alpha value is -15.8. The van der Waals surface area contributed by atoms with Crippen molar-refractivity contribution in [2.45, 2.75) is 0 Å². The molecule has 0 spiro atoms. The first kappa shape index (κ1) is 57.9. The molecule has 460 valence electrons. The monoisotopic (exact) mass is 1290 g/mol. The van der Waals surface area contributed by atoms with Crippen molar-refractivity contribution in [1.29, 1.82) is 42.1 Å². The molecule has 0 aliphatic rings. The van der Waals surface area contributed by atoms with Crippen molar-refractivity contribution >= 4 is 98.3 Å². The Kier molecular flexibility index (Phi) is 12.9. The number of hydrogen-bond acceptors (Lipinski definition) is 13. The minimum Gasteiger partial charge on any atom is -0.436 e. The predicted molar refractivity (Wildman–Crippen MR) is 384 cm³/mol. The molecule has 0 atom stereocenters. The smallest absolute Gasteiger partial charge is 0.231 e. The largest absolute Gasteiger partial charge is 0.436 e. The van der Waals surface area contributed by atoms with Crippen molar-refractivity contribution in [2.75, 3.05) is 0 Å². The molecular formula is C84H38N16O. The van der Waals surface area contributed by atoms with Crippen LogP contribution < -0.4 is 0 Å². The third kappa shape index (κ3) is 8.75.